The Balaban J connectivity index is 1.23. The molecule has 0 atom stereocenters. The summed E-state index contributed by atoms with van der Waals surface area (Å²) in [5.41, 5.74) is 1.25. The molecule has 1 heterocycles. The van der Waals surface area contributed by atoms with E-state index in [-0.39, 0.29) is 18.1 Å². The highest BCUT2D eigenvalue weighted by atomic mass is 32.1. The Hall–Kier alpha value is -4.91. The summed E-state index contributed by atoms with van der Waals surface area (Å²) >= 11 is 5.19. The molecule has 4 rings (SSSR count). The van der Waals surface area contributed by atoms with Gasteiger partial charge in [0.05, 0.1) is 10.5 Å². The first-order valence-corrected chi connectivity index (χ1v) is 11.5. The Kier molecular flexibility index (Phi) is 8.29. The summed E-state index contributed by atoms with van der Waals surface area (Å²) in [6.07, 6.45) is 0. The van der Waals surface area contributed by atoms with Crippen LogP contribution in [0.25, 0.3) is 11.4 Å². The molecule has 4 aromatic rings. The quantitative estimate of drug-likeness (QED) is 0.124. The van der Waals surface area contributed by atoms with Crippen molar-refractivity contribution in [3.05, 3.63) is 89.0 Å². The summed E-state index contributed by atoms with van der Waals surface area (Å²) < 4.78 is 5.95. The lowest BCUT2D eigenvalue weighted by molar-refractivity contribution is -0.384. The number of carbonyl (C=O) groups excluding carboxylic acids is 1. The molecule has 0 saturated heterocycles. The van der Waals surface area contributed by atoms with E-state index in [1.807, 2.05) is 54.6 Å². The second-order valence-electron chi connectivity index (χ2n) is 7.59. The molecule has 37 heavy (non-hydrogen) atoms. The molecule has 3 aromatic carbocycles. The van der Waals surface area contributed by atoms with E-state index in [9.17, 15) is 14.9 Å². The second-order valence-corrected chi connectivity index (χ2v) is 8.00. The smallest absolute Gasteiger partial charge is 0.269 e. The largest absolute Gasteiger partial charge is 0.457 e. The molecule has 3 N–H and O–H groups in total. The summed E-state index contributed by atoms with van der Waals surface area (Å²) in [7, 11) is 0. The summed E-state index contributed by atoms with van der Waals surface area (Å²) in [5.74, 6) is 1.29. The van der Waals surface area contributed by atoms with Gasteiger partial charge in [-0.25, -0.2) is 0 Å². The van der Waals surface area contributed by atoms with Gasteiger partial charge in [0.15, 0.2) is 5.11 Å². The Bertz CT molecular complexity index is 1380. The van der Waals surface area contributed by atoms with Crippen molar-refractivity contribution < 1.29 is 14.5 Å². The maximum Gasteiger partial charge on any atom is 0.269 e. The summed E-state index contributed by atoms with van der Waals surface area (Å²) in [5, 5.41) is 32.0. The fourth-order valence-electron chi connectivity index (χ4n) is 3.18. The first-order valence-electron chi connectivity index (χ1n) is 11.1. The van der Waals surface area contributed by atoms with Crippen LogP contribution in [0.5, 0.6) is 11.5 Å². The zero-order valence-electron chi connectivity index (χ0n) is 19.4. The van der Waals surface area contributed by atoms with Crippen molar-refractivity contribution >= 4 is 34.6 Å². The zero-order chi connectivity index (χ0) is 26.0. The van der Waals surface area contributed by atoms with E-state index >= 15 is 0 Å². The molecule has 0 unspecified atom stereocenters. The number of para-hydroxylation sites is 2. The minimum absolute atomic E-state index is 0.00846. The molecular weight excluding hydrogens is 496 g/mol. The highest BCUT2D eigenvalue weighted by Gasteiger charge is 2.14. The van der Waals surface area contributed by atoms with Gasteiger partial charge in [0, 0.05) is 30.9 Å². The summed E-state index contributed by atoms with van der Waals surface area (Å²) in [4.78, 5) is 23.7. The van der Waals surface area contributed by atoms with Crippen molar-refractivity contribution in [2.75, 3.05) is 18.4 Å². The zero-order valence-corrected chi connectivity index (χ0v) is 20.2. The normalized spacial score (nSPS) is 10.4. The average Bonchev–Trinajstić information content (AvgIpc) is 3.36. The number of non-ortho nitro benzene ring substituents is 1. The van der Waals surface area contributed by atoms with Crippen molar-refractivity contribution in [3.63, 3.8) is 0 Å². The third-order valence-corrected chi connectivity index (χ3v) is 5.15. The SMILES string of the molecule is O=C(Cn1nnc(-c2ccccc2Oc2ccccc2)n1)NCCNC(=S)Nc1ccc([N+](=O)[O-])cc1. The van der Waals surface area contributed by atoms with Crippen LogP contribution in [0.1, 0.15) is 0 Å². The molecule has 13 heteroatoms. The third kappa shape index (κ3) is 7.29. The van der Waals surface area contributed by atoms with Crippen LogP contribution in [-0.2, 0) is 11.3 Å². The minimum Gasteiger partial charge on any atom is -0.457 e. The van der Waals surface area contributed by atoms with Gasteiger partial charge >= 0.3 is 0 Å². The van der Waals surface area contributed by atoms with Crippen LogP contribution >= 0.6 is 12.2 Å². The van der Waals surface area contributed by atoms with Crippen LogP contribution in [0.2, 0.25) is 0 Å². The van der Waals surface area contributed by atoms with E-state index in [4.69, 9.17) is 17.0 Å². The topological polar surface area (TPSA) is 149 Å². The fourth-order valence-corrected chi connectivity index (χ4v) is 3.40. The number of hydrogen-bond donors (Lipinski definition) is 3. The van der Waals surface area contributed by atoms with Gasteiger partial charge in [-0.05, 0) is 53.8 Å². The number of carbonyl (C=O) groups is 1. The Morgan fingerprint density at radius 1 is 0.973 bits per heavy atom. The molecule has 0 bridgehead atoms. The molecule has 0 aliphatic carbocycles. The van der Waals surface area contributed by atoms with Crippen molar-refractivity contribution in [2.24, 2.45) is 0 Å². The molecule has 0 saturated carbocycles. The molecule has 0 aliphatic heterocycles. The number of thiocarbonyl (C=S) groups is 1. The number of nitrogens with one attached hydrogen (secondary N) is 3. The van der Waals surface area contributed by atoms with E-state index in [1.165, 1.54) is 16.9 Å². The van der Waals surface area contributed by atoms with Crippen LogP contribution in [0.3, 0.4) is 0 Å². The van der Waals surface area contributed by atoms with E-state index in [2.05, 4.69) is 31.4 Å². The number of nitrogens with zero attached hydrogens (tertiary/aromatic N) is 5. The number of hydrogen-bond acceptors (Lipinski definition) is 8. The molecular formula is C24H22N8O4S. The van der Waals surface area contributed by atoms with E-state index in [1.54, 1.807) is 12.1 Å². The lowest BCUT2D eigenvalue weighted by Gasteiger charge is -2.11. The molecule has 0 spiro atoms. The van der Waals surface area contributed by atoms with Crippen LogP contribution in [0.15, 0.2) is 78.9 Å². The summed E-state index contributed by atoms with van der Waals surface area (Å²) in [6, 6.07) is 22.5. The Labute approximate surface area is 216 Å². The van der Waals surface area contributed by atoms with Gasteiger partial charge in [0.2, 0.25) is 11.7 Å². The number of ether oxygens (including phenoxy) is 1. The number of benzene rings is 3. The van der Waals surface area contributed by atoms with E-state index in [0.717, 1.165) is 0 Å². The summed E-state index contributed by atoms with van der Waals surface area (Å²) in [6.45, 7) is 0.557. The van der Waals surface area contributed by atoms with E-state index < -0.39 is 4.92 Å². The van der Waals surface area contributed by atoms with Gasteiger partial charge < -0.3 is 20.7 Å². The lowest BCUT2D eigenvalue weighted by Crippen LogP contribution is -2.38. The number of anilines is 1. The maximum atomic E-state index is 12.3. The number of nitro groups is 1. The monoisotopic (exact) mass is 518 g/mol. The lowest BCUT2D eigenvalue weighted by atomic mass is 10.2. The Morgan fingerprint density at radius 3 is 2.43 bits per heavy atom. The van der Waals surface area contributed by atoms with Crippen LogP contribution in [0.4, 0.5) is 11.4 Å². The van der Waals surface area contributed by atoms with Gasteiger partial charge in [-0.1, -0.05) is 30.3 Å². The molecule has 12 nitrogen and oxygen atoms in total. The van der Waals surface area contributed by atoms with Gasteiger partial charge in [-0.2, -0.15) is 4.80 Å². The highest BCUT2D eigenvalue weighted by Crippen LogP contribution is 2.30. The molecule has 1 amide bonds. The number of nitro benzene ring substituents is 1. The molecule has 0 fully saturated rings. The van der Waals surface area contributed by atoms with Crippen molar-refractivity contribution in [2.45, 2.75) is 6.54 Å². The van der Waals surface area contributed by atoms with Crippen molar-refractivity contribution in [1.82, 2.24) is 30.8 Å². The first kappa shape index (κ1) is 25.2. The van der Waals surface area contributed by atoms with Crippen LogP contribution in [0, 0.1) is 10.1 Å². The number of rotatable bonds is 10. The van der Waals surface area contributed by atoms with Crippen LogP contribution in [-0.4, -0.2) is 49.2 Å². The maximum absolute atomic E-state index is 12.3. The van der Waals surface area contributed by atoms with Gasteiger partial charge in [0.25, 0.3) is 5.69 Å². The minimum atomic E-state index is -0.474. The fraction of sp³-hybridized carbons (Fsp3) is 0.125. The van der Waals surface area contributed by atoms with Gasteiger partial charge in [-0.3, -0.25) is 14.9 Å². The number of aromatic nitrogens is 4. The first-order chi connectivity index (χ1) is 18.0. The third-order valence-electron chi connectivity index (χ3n) is 4.91. The second kappa shape index (κ2) is 12.2. The Morgan fingerprint density at radius 2 is 1.68 bits per heavy atom. The number of tetrazole rings is 1. The van der Waals surface area contributed by atoms with Gasteiger partial charge in [0.1, 0.15) is 18.0 Å². The highest BCUT2D eigenvalue weighted by molar-refractivity contribution is 7.80. The molecule has 0 radical (unpaired) electrons. The van der Waals surface area contributed by atoms with Gasteiger partial charge in [-0.15, -0.1) is 10.2 Å². The van der Waals surface area contributed by atoms with Crippen molar-refractivity contribution in [1.29, 1.82) is 0 Å². The predicted molar refractivity (Wildman–Crippen MR) is 140 cm³/mol. The number of amides is 1. The predicted octanol–water partition coefficient (Wildman–Crippen LogP) is 3.14. The molecule has 188 valence electrons. The van der Waals surface area contributed by atoms with E-state index in [0.29, 0.717) is 46.8 Å². The average molecular weight is 519 g/mol. The van der Waals surface area contributed by atoms with Crippen molar-refractivity contribution in [3.8, 4) is 22.9 Å². The standard InChI is InChI=1S/C24H22N8O4S/c33-22(25-14-15-26-24(37)27-17-10-12-18(13-11-17)32(34)35)16-31-29-23(28-30-31)20-8-4-5-9-21(20)36-19-6-2-1-3-7-19/h1-13H,14-16H2,(H,25,33)(H2,26,27,37). The van der Waals surface area contributed by atoms with Crippen LogP contribution < -0.4 is 20.7 Å². The molecule has 0 aliphatic rings. The molecule has 1 aromatic heterocycles.